The van der Waals surface area contributed by atoms with Gasteiger partial charge in [0.2, 0.25) is 11.8 Å². The predicted octanol–water partition coefficient (Wildman–Crippen LogP) is 2.98. The largest absolute Gasteiger partial charge is 0.481 e. The Morgan fingerprint density at radius 2 is 1.68 bits per heavy atom. The highest BCUT2D eigenvalue weighted by atomic mass is 19.3. The molecule has 1 saturated heterocycles. The number of hydrogen-bond donors (Lipinski definition) is 2. The molecule has 3 amide bonds. The highest BCUT2D eigenvalue weighted by molar-refractivity contribution is 5.96. The van der Waals surface area contributed by atoms with Crippen molar-refractivity contribution in [1.29, 1.82) is 0 Å². The lowest BCUT2D eigenvalue weighted by atomic mass is 10.1. The molecule has 222 valence electrons. The second-order valence-corrected chi connectivity index (χ2v) is 8.85. The van der Waals surface area contributed by atoms with Gasteiger partial charge in [0, 0.05) is 45.1 Å². The molecule has 1 aliphatic rings. The summed E-state index contributed by atoms with van der Waals surface area (Å²) in [5, 5.41) is 15.9. The molecule has 0 spiro atoms. The van der Waals surface area contributed by atoms with Crippen LogP contribution in [0.4, 0.5) is 18.0 Å². The third kappa shape index (κ3) is 8.71. The van der Waals surface area contributed by atoms with Gasteiger partial charge in [0.05, 0.1) is 18.9 Å². The average Bonchev–Trinajstić information content (AvgIpc) is 3.39. The highest BCUT2D eigenvalue weighted by Gasteiger charge is 2.31. The van der Waals surface area contributed by atoms with E-state index in [0.717, 1.165) is 0 Å². The van der Waals surface area contributed by atoms with Crippen molar-refractivity contribution in [2.45, 2.75) is 32.2 Å². The van der Waals surface area contributed by atoms with Crippen LogP contribution in [0.5, 0.6) is 5.88 Å². The highest BCUT2D eigenvalue weighted by Crippen LogP contribution is 2.22. The Kier molecular flexibility index (Phi) is 11.1. The van der Waals surface area contributed by atoms with Gasteiger partial charge in [-0.2, -0.15) is 13.9 Å². The topological polar surface area (TPSA) is 143 Å². The number of amides is 3. The van der Waals surface area contributed by atoms with Gasteiger partial charge in [-0.1, -0.05) is 18.2 Å². The lowest BCUT2D eigenvalue weighted by molar-refractivity contribution is -0.138. The fourth-order valence-corrected chi connectivity index (χ4v) is 3.97. The lowest BCUT2D eigenvalue weighted by Crippen LogP contribution is -2.56. The molecule has 3 rings (SSSR count). The first-order chi connectivity index (χ1) is 19.6. The molecule has 0 saturated carbocycles. The van der Waals surface area contributed by atoms with Crippen LogP contribution < -0.4 is 10.1 Å². The number of nitrogens with zero attached hydrogens (tertiary/aromatic N) is 4. The second kappa shape index (κ2) is 14.7. The maximum absolute atomic E-state index is 13.3. The molecular formula is C26H30F3N5O7. The third-order valence-corrected chi connectivity index (χ3v) is 6.05. The Morgan fingerprint density at radius 3 is 2.29 bits per heavy atom. The van der Waals surface area contributed by atoms with Gasteiger partial charge in [0.15, 0.2) is 11.5 Å². The number of benzene rings is 1. The van der Waals surface area contributed by atoms with E-state index >= 15 is 0 Å². The number of carbonyl (C=O) groups excluding carboxylic acids is 3. The van der Waals surface area contributed by atoms with Crippen LogP contribution in [0.3, 0.4) is 0 Å². The molecule has 12 nitrogen and oxygen atoms in total. The molecule has 1 aromatic heterocycles. The molecule has 2 aromatic rings. The van der Waals surface area contributed by atoms with Crippen molar-refractivity contribution < 1.29 is 46.9 Å². The monoisotopic (exact) mass is 581 g/mol. The van der Waals surface area contributed by atoms with E-state index in [1.165, 1.54) is 20.5 Å². The SMILES string of the molecule is CCOC(=O)N1CCN(C(=O)C(CCC(=O)O)NC(=O)c2cc(OCCC(F)=C(F)F)n(-c3ccccc3)n2)CC1. The van der Waals surface area contributed by atoms with E-state index in [1.807, 2.05) is 0 Å². The van der Waals surface area contributed by atoms with E-state index in [2.05, 4.69) is 10.4 Å². The molecule has 0 radical (unpaired) electrons. The second-order valence-electron chi connectivity index (χ2n) is 8.85. The Hall–Kier alpha value is -4.56. The summed E-state index contributed by atoms with van der Waals surface area (Å²) in [7, 11) is 0. The third-order valence-electron chi connectivity index (χ3n) is 6.05. The fraction of sp³-hybridized carbons (Fsp3) is 0.423. The minimum Gasteiger partial charge on any atom is -0.481 e. The first-order valence-electron chi connectivity index (χ1n) is 12.8. The summed E-state index contributed by atoms with van der Waals surface area (Å²) in [6, 6.07) is 8.36. The molecule has 1 fully saturated rings. The van der Waals surface area contributed by atoms with Crippen molar-refractivity contribution >= 4 is 23.9 Å². The molecule has 1 aliphatic heterocycles. The molecule has 1 atom stereocenters. The van der Waals surface area contributed by atoms with E-state index in [1.54, 1.807) is 37.3 Å². The smallest absolute Gasteiger partial charge is 0.409 e. The number of aliphatic carboxylic acids is 1. The van der Waals surface area contributed by atoms with Crippen molar-refractivity contribution in [2.24, 2.45) is 0 Å². The van der Waals surface area contributed by atoms with Crippen LogP contribution in [0.2, 0.25) is 0 Å². The zero-order valence-electron chi connectivity index (χ0n) is 22.2. The number of rotatable bonds is 12. The van der Waals surface area contributed by atoms with Gasteiger partial charge in [0.25, 0.3) is 5.91 Å². The van der Waals surface area contributed by atoms with E-state index in [9.17, 15) is 32.3 Å². The van der Waals surface area contributed by atoms with Gasteiger partial charge in [-0.3, -0.25) is 14.4 Å². The van der Waals surface area contributed by atoms with Crippen LogP contribution in [0.25, 0.3) is 5.69 Å². The zero-order valence-corrected chi connectivity index (χ0v) is 22.2. The fourth-order valence-electron chi connectivity index (χ4n) is 3.97. The summed E-state index contributed by atoms with van der Waals surface area (Å²) in [6.45, 7) is 2.13. The van der Waals surface area contributed by atoms with Crippen LogP contribution >= 0.6 is 0 Å². The van der Waals surface area contributed by atoms with Crippen LogP contribution in [-0.4, -0.2) is 94.0 Å². The molecule has 1 unspecified atom stereocenters. The Balaban J connectivity index is 1.76. The number of para-hydroxylation sites is 1. The number of halogens is 3. The number of carbonyl (C=O) groups is 4. The summed E-state index contributed by atoms with van der Waals surface area (Å²) < 4.78 is 49.7. The van der Waals surface area contributed by atoms with Gasteiger partial charge in [0.1, 0.15) is 6.04 Å². The molecule has 1 aromatic carbocycles. The van der Waals surface area contributed by atoms with E-state index in [4.69, 9.17) is 14.6 Å². The predicted molar refractivity (Wildman–Crippen MR) is 137 cm³/mol. The van der Waals surface area contributed by atoms with Crippen molar-refractivity contribution in [3.8, 4) is 11.6 Å². The minimum absolute atomic E-state index is 0.0445. The Labute approximate surface area is 233 Å². The summed E-state index contributed by atoms with van der Waals surface area (Å²) in [6.07, 6.45) is -4.28. The first-order valence-corrected chi connectivity index (χ1v) is 12.8. The number of ether oxygens (including phenoxy) is 2. The van der Waals surface area contributed by atoms with E-state index in [0.29, 0.717) is 5.69 Å². The summed E-state index contributed by atoms with van der Waals surface area (Å²) >= 11 is 0. The zero-order chi connectivity index (χ0) is 29.9. The molecular weight excluding hydrogens is 551 g/mol. The average molecular weight is 582 g/mol. The van der Waals surface area contributed by atoms with Crippen molar-refractivity contribution in [1.82, 2.24) is 24.9 Å². The van der Waals surface area contributed by atoms with E-state index < -0.39 is 61.3 Å². The Bertz CT molecular complexity index is 1260. The molecule has 15 heteroatoms. The number of carboxylic acid groups (broad SMARTS) is 1. The van der Waals surface area contributed by atoms with Gasteiger partial charge < -0.3 is 29.7 Å². The number of hydrogen-bond acceptors (Lipinski definition) is 7. The van der Waals surface area contributed by atoms with Crippen LogP contribution in [0.1, 0.15) is 36.7 Å². The van der Waals surface area contributed by atoms with Crippen molar-refractivity contribution in [3.05, 3.63) is 54.0 Å². The quantitative estimate of drug-likeness (QED) is 0.390. The standard InChI is InChI=1S/C26H30F3N5O7/c1-2-40-26(39)33-13-11-32(12-14-33)25(38)19(8-9-22(35)36)30-24(37)20-16-21(41-15-10-18(27)23(28)29)34(31-20)17-6-4-3-5-7-17/h3-7,16,19H,2,8-15H2,1H3,(H,30,37)(H,35,36). The van der Waals surface area contributed by atoms with E-state index in [-0.39, 0.29) is 50.8 Å². The molecule has 0 aliphatic carbocycles. The van der Waals surface area contributed by atoms with Crippen molar-refractivity contribution in [3.63, 3.8) is 0 Å². The molecule has 2 heterocycles. The number of nitrogens with one attached hydrogen (secondary N) is 1. The minimum atomic E-state index is -2.45. The maximum atomic E-state index is 13.3. The normalized spacial score (nSPS) is 13.8. The van der Waals surface area contributed by atoms with Crippen LogP contribution in [-0.2, 0) is 14.3 Å². The maximum Gasteiger partial charge on any atom is 0.409 e. The summed E-state index contributed by atoms with van der Waals surface area (Å²) in [5.41, 5.74) is 0.240. The van der Waals surface area contributed by atoms with Gasteiger partial charge in [-0.25, -0.2) is 13.9 Å². The number of carboxylic acids is 1. The number of aromatic nitrogens is 2. The van der Waals surface area contributed by atoms with Crippen LogP contribution in [0.15, 0.2) is 48.3 Å². The Morgan fingerprint density at radius 1 is 1.02 bits per heavy atom. The first kappa shape index (κ1) is 31.0. The van der Waals surface area contributed by atoms with Gasteiger partial charge >= 0.3 is 18.1 Å². The van der Waals surface area contributed by atoms with Gasteiger partial charge in [-0.05, 0) is 25.5 Å². The number of piperazine rings is 1. The summed E-state index contributed by atoms with van der Waals surface area (Å²) in [4.78, 5) is 52.5. The van der Waals surface area contributed by atoms with Crippen molar-refractivity contribution in [2.75, 3.05) is 39.4 Å². The van der Waals surface area contributed by atoms with Crippen LogP contribution in [0, 0.1) is 0 Å². The molecule has 2 N–H and O–H groups in total. The lowest BCUT2D eigenvalue weighted by Gasteiger charge is -2.35. The molecule has 41 heavy (non-hydrogen) atoms. The summed E-state index contributed by atoms with van der Waals surface area (Å²) in [5.74, 6) is -4.19. The molecule has 0 bridgehead atoms. The van der Waals surface area contributed by atoms with Gasteiger partial charge in [-0.15, -0.1) is 0 Å².